The molecule has 1 atom stereocenters. The molecular formula is C10H20N2S. The minimum atomic E-state index is 0.449. The van der Waals surface area contributed by atoms with E-state index in [-0.39, 0.29) is 0 Å². The molecule has 13 heavy (non-hydrogen) atoms. The van der Waals surface area contributed by atoms with Crippen LogP contribution in [0.1, 0.15) is 19.8 Å². The largest absolute Gasteiger partial charge is 0.306 e. The van der Waals surface area contributed by atoms with Gasteiger partial charge in [0, 0.05) is 18.5 Å². The lowest BCUT2D eigenvalue weighted by atomic mass is 9.72. The first-order chi connectivity index (χ1) is 6.11. The number of likely N-dealkylation sites (tertiary alicyclic amines) is 2. The molecule has 2 saturated heterocycles. The van der Waals surface area contributed by atoms with Gasteiger partial charge in [0.05, 0.1) is 0 Å². The third-order valence-electron chi connectivity index (χ3n) is 3.65. The fraction of sp³-hybridized carbons (Fsp3) is 1.00. The lowest BCUT2D eigenvalue weighted by Crippen LogP contribution is -2.61. The summed E-state index contributed by atoms with van der Waals surface area (Å²) < 4.78 is 0. The zero-order valence-corrected chi connectivity index (χ0v) is 9.56. The summed E-state index contributed by atoms with van der Waals surface area (Å²) in [4.78, 5) is 4.91. The van der Waals surface area contributed by atoms with Gasteiger partial charge in [-0.05, 0) is 45.3 Å². The fourth-order valence-electron chi connectivity index (χ4n) is 2.49. The first-order valence-electron chi connectivity index (χ1n) is 5.22. The van der Waals surface area contributed by atoms with Crippen molar-refractivity contribution in [1.82, 2.24) is 9.80 Å². The van der Waals surface area contributed by atoms with Gasteiger partial charge in [0.1, 0.15) is 0 Å². The van der Waals surface area contributed by atoms with Crippen molar-refractivity contribution < 1.29 is 0 Å². The smallest absolute Gasteiger partial charge is 0.0499 e. The average molecular weight is 200 g/mol. The van der Waals surface area contributed by atoms with E-state index in [2.05, 4.69) is 36.4 Å². The van der Waals surface area contributed by atoms with Gasteiger partial charge in [-0.3, -0.25) is 4.90 Å². The molecule has 2 nitrogen and oxygen atoms in total. The minimum absolute atomic E-state index is 0.449. The monoisotopic (exact) mass is 200 g/mol. The van der Waals surface area contributed by atoms with Gasteiger partial charge < -0.3 is 4.90 Å². The molecule has 2 heterocycles. The second-order valence-corrected chi connectivity index (χ2v) is 5.59. The quantitative estimate of drug-likeness (QED) is 0.637. The molecule has 0 radical (unpaired) electrons. The van der Waals surface area contributed by atoms with Crippen LogP contribution >= 0.6 is 12.6 Å². The Labute approximate surface area is 86.7 Å². The summed E-state index contributed by atoms with van der Waals surface area (Å²) >= 11 is 4.46. The molecule has 76 valence electrons. The van der Waals surface area contributed by atoms with Gasteiger partial charge in [-0.25, -0.2) is 0 Å². The highest BCUT2D eigenvalue weighted by atomic mass is 32.1. The Bertz CT molecular complexity index is 177. The normalized spacial score (nSPS) is 31.6. The Morgan fingerprint density at radius 2 is 1.77 bits per heavy atom. The second-order valence-electron chi connectivity index (χ2n) is 4.84. The van der Waals surface area contributed by atoms with Gasteiger partial charge in [-0.15, -0.1) is 0 Å². The fourth-order valence-corrected chi connectivity index (χ4v) is 2.65. The van der Waals surface area contributed by atoms with Crippen LogP contribution < -0.4 is 0 Å². The number of hydrogen-bond donors (Lipinski definition) is 1. The molecule has 1 unspecified atom stereocenters. The first kappa shape index (κ1) is 9.81. The van der Waals surface area contributed by atoms with Gasteiger partial charge in [0.15, 0.2) is 0 Å². The maximum Gasteiger partial charge on any atom is 0.0499 e. The van der Waals surface area contributed by atoms with Crippen LogP contribution in [0.4, 0.5) is 0 Å². The number of rotatable bonds is 1. The van der Waals surface area contributed by atoms with E-state index in [0.717, 1.165) is 0 Å². The van der Waals surface area contributed by atoms with E-state index in [1.54, 1.807) is 0 Å². The van der Waals surface area contributed by atoms with E-state index in [4.69, 9.17) is 0 Å². The molecule has 0 aromatic heterocycles. The highest BCUT2D eigenvalue weighted by Crippen LogP contribution is 2.41. The van der Waals surface area contributed by atoms with Crippen molar-refractivity contribution in [1.29, 1.82) is 0 Å². The molecule has 0 aromatic rings. The van der Waals surface area contributed by atoms with Crippen LogP contribution in [0.15, 0.2) is 0 Å². The maximum atomic E-state index is 4.46. The minimum Gasteiger partial charge on any atom is -0.306 e. The predicted molar refractivity (Wildman–Crippen MR) is 59.2 cm³/mol. The van der Waals surface area contributed by atoms with E-state index < -0.39 is 0 Å². The molecule has 2 fully saturated rings. The van der Waals surface area contributed by atoms with Crippen LogP contribution in [-0.2, 0) is 0 Å². The number of nitrogens with zero attached hydrogens (tertiary/aromatic N) is 2. The second kappa shape index (κ2) is 3.44. The number of hydrogen-bond acceptors (Lipinski definition) is 3. The zero-order valence-electron chi connectivity index (χ0n) is 8.66. The van der Waals surface area contributed by atoms with Gasteiger partial charge in [-0.1, -0.05) is 0 Å². The summed E-state index contributed by atoms with van der Waals surface area (Å²) in [7, 11) is 2.23. The Balaban J connectivity index is 1.83. The van der Waals surface area contributed by atoms with Crippen molar-refractivity contribution in [2.75, 3.05) is 33.2 Å². The SMILES string of the molecule is CC(S)N1CC2(CCN(C)CC2)C1. The van der Waals surface area contributed by atoms with E-state index in [0.29, 0.717) is 10.8 Å². The number of piperidine rings is 1. The van der Waals surface area contributed by atoms with E-state index in [1.165, 1.54) is 39.0 Å². The Hall–Kier alpha value is 0.270. The average Bonchev–Trinajstić information content (AvgIpc) is 2.02. The van der Waals surface area contributed by atoms with Gasteiger partial charge in [0.2, 0.25) is 0 Å². The van der Waals surface area contributed by atoms with Crippen molar-refractivity contribution in [3.05, 3.63) is 0 Å². The zero-order chi connectivity index (χ0) is 9.47. The molecule has 0 aliphatic carbocycles. The van der Waals surface area contributed by atoms with Crippen molar-refractivity contribution in [2.45, 2.75) is 25.1 Å². The van der Waals surface area contributed by atoms with Crippen molar-refractivity contribution in [3.63, 3.8) is 0 Å². The summed E-state index contributed by atoms with van der Waals surface area (Å²) in [6.45, 7) is 7.31. The Kier molecular flexibility index (Phi) is 2.60. The lowest BCUT2D eigenvalue weighted by Gasteiger charge is -2.55. The molecule has 0 amide bonds. The van der Waals surface area contributed by atoms with Crippen molar-refractivity contribution >= 4 is 12.6 Å². The van der Waals surface area contributed by atoms with Gasteiger partial charge in [0.25, 0.3) is 0 Å². The van der Waals surface area contributed by atoms with E-state index in [1.807, 2.05) is 0 Å². The molecule has 0 saturated carbocycles. The van der Waals surface area contributed by atoms with Crippen molar-refractivity contribution in [3.8, 4) is 0 Å². The highest BCUT2D eigenvalue weighted by molar-refractivity contribution is 7.80. The van der Waals surface area contributed by atoms with E-state index in [9.17, 15) is 0 Å². The topological polar surface area (TPSA) is 6.48 Å². The van der Waals surface area contributed by atoms with Crippen LogP contribution in [0.5, 0.6) is 0 Å². The number of thiol groups is 1. The van der Waals surface area contributed by atoms with Crippen LogP contribution in [0.3, 0.4) is 0 Å². The molecule has 0 bridgehead atoms. The van der Waals surface area contributed by atoms with Gasteiger partial charge in [-0.2, -0.15) is 12.6 Å². The molecule has 1 spiro atoms. The molecule has 2 rings (SSSR count). The van der Waals surface area contributed by atoms with Crippen LogP contribution in [0.25, 0.3) is 0 Å². The Morgan fingerprint density at radius 1 is 1.23 bits per heavy atom. The standard InChI is InChI=1S/C10H20N2S/c1-9(13)12-7-10(8-12)3-5-11(2)6-4-10/h9,13H,3-8H2,1-2H3. The summed E-state index contributed by atoms with van der Waals surface area (Å²) in [5.74, 6) is 0. The van der Waals surface area contributed by atoms with Crippen LogP contribution in [0, 0.1) is 5.41 Å². The molecule has 0 N–H and O–H groups in total. The Morgan fingerprint density at radius 3 is 2.23 bits per heavy atom. The van der Waals surface area contributed by atoms with Gasteiger partial charge >= 0.3 is 0 Å². The predicted octanol–water partition coefficient (Wildman–Crippen LogP) is 1.29. The third-order valence-corrected chi connectivity index (χ3v) is 3.98. The highest BCUT2D eigenvalue weighted by Gasteiger charge is 2.44. The van der Waals surface area contributed by atoms with Crippen LogP contribution in [-0.4, -0.2) is 48.4 Å². The lowest BCUT2D eigenvalue weighted by molar-refractivity contribution is -0.0453. The summed E-state index contributed by atoms with van der Waals surface area (Å²) in [6, 6.07) is 0. The molecule has 2 aliphatic heterocycles. The first-order valence-corrected chi connectivity index (χ1v) is 5.74. The van der Waals surface area contributed by atoms with Crippen LogP contribution in [0.2, 0.25) is 0 Å². The molecule has 0 aromatic carbocycles. The summed E-state index contributed by atoms with van der Waals surface area (Å²) in [5, 5.41) is 0.449. The molecule has 3 heteroatoms. The summed E-state index contributed by atoms with van der Waals surface area (Å²) in [5.41, 5.74) is 0.670. The van der Waals surface area contributed by atoms with Crippen molar-refractivity contribution in [2.24, 2.45) is 5.41 Å². The molecule has 2 aliphatic rings. The third kappa shape index (κ3) is 1.88. The van der Waals surface area contributed by atoms with E-state index >= 15 is 0 Å². The maximum absolute atomic E-state index is 4.46. The molecular weight excluding hydrogens is 180 g/mol. The summed E-state index contributed by atoms with van der Waals surface area (Å²) in [6.07, 6.45) is 2.78.